The first-order valence-corrected chi connectivity index (χ1v) is 17.2. The summed E-state index contributed by atoms with van der Waals surface area (Å²) in [6.45, 7) is 0. The number of benzene rings is 8. The van der Waals surface area contributed by atoms with E-state index in [0.29, 0.717) is 0 Å². The number of para-hydroxylation sites is 3. The summed E-state index contributed by atoms with van der Waals surface area (Å²) >= 11 is 0. The largest absolute Gasteiger partial charge is 0.309 e. The second kappa shape index (κ2) is 11.5. The molecule has 0 amide bonds. The van der Waals surface area contributed by atoms with Gasteiger partial charge in [-0.3, -0.25) is 0 Å². The van der Waals surface area contributed by atoms with Gasteiger partial charge in [-0.25, -0.2) is 0 Å². The van der Waals surface area contributed by atoms with Gasteiger partial charge in [-0.15, -0.1) is 0 Å². The summed E-state index contributed by atoms with van der Waals surface area (Å²) < 4.78 is 4.82. The highest BCUT2D eigenvalue weighted by molar-refractivity contribution is 6.11. The molecular formula is C48H32N2. The molecule has 2 heteroatoms. The second-order valence-corrected chi connectivity index (χ2v) is 13.0. The van der Waals surface area contributed by atoms with Crippen LogP contribution in [0.1, 0.15) is 0 Å². The van der Waals surface area contributed by atoms with E-state index >= 15 is 0 Å². The van der Waals surface area contributed by atoms with Crippen molar-refractivity contribution >= 4 is 43.6 Å². The predicted molar refractivity (Wildman–Crippen MR) is 211 cm³/mol. The van der Waals surface area contributed by atoms with Crippen LogP contribution in [0, 0.1) is 0 Å². The lowest BCUT2D eigenvalue weighted by Gasteiger charge is -2.14. The molecule has 0 atom stereocenters. The molecular weight excluding hydrogens is 605 g/mol. The van der Waals surface area contributed by atoms with Crippen molar-refractivity contribution in [2.24, 2.45) is 0 Å². The van der Waals surface area contributed by atoms with Crippen LogP contribution in [0.5, 0.6) is 0 Å². The van der Waals surface area contributed by atoms with E-state index in [-0.39, 0.29) is 0 Å². The molecule has 10 rings (SSSR count). The van der Waals surface area contributed by atoms with Gasteiger partial charge in [0.05, 0.1) is 22.1 Å². The van der Waals surface area contributed by atoms with E-state index in [1.54, 1.807) is 0 Å². The van der Waals surface area contributed by atoms with Crippen molar-refractivity contribution in [2.75, 3.05) is 0 Å². The monoisotopic (exact) mass is 636 g/mol. The van der Waals surface area contributed by atoms with Crippen molar-refractivity contribution < 1.29 is 0 Å². The maximum absolute atomic E-state index is 2.44. The Labute approximate surface area is 290 Å². The molecule has 0 saturated carbocycles. The zero-order chi connectivity index (χ0) is 33.0. The summed E-state index contributed by atoms with van der Waals surface area (Å²) in [6.07, 6.45) is 0. The van der Waals surface area contributed by atoms with Crippen LogP contribution in [0.2, 0.25) is 0 Å². The molecule has 0 bridgehead atoms. The molecule has 0 radical (unpaired) electrons. The van der Waals surface area contributed by atoms with E-state index in [9.17, 15) is 0 Å². The van der Waals surface area contributed by atoms with Gasteiger partial charge in [0.1, 0.15) is 0 Å². The van der Waals surface area contributed by atoms with Crippen molar-refractivity contribution in [3.05, 3.63) is 194 Å². The van der Waals surface area contributed by atoms with Crippen LogP contribution in [-0.4, -0.2) is 9.13 Å². The van der Waals surface area contributed by atoms with Gasteiger partial charge in [-0.05, 0) is 88.0 Å². The number of hydrogen-bond acceptors (Lipinski definition) is 0. The van der Waals surface area contributed by atoms with Crippen molar-refractivity contribution in [3.8, 4) is 44.8 Å². The molecule has 0 fully saturated rings. The normalized spacial score (nSPS) is 11.6. The molecule has 0 spiro atoms. The van der Waals surface area contributed by atoms with Gasteiger partial charge < -0.3 is 9.13 Å². The zero-order valence-corrected chi connectivity index (χ0v) is 27.4. The standard InChI is InChI=1S/C48H32N2/c1-3-13-33(14-4-1)37-29-38(34-15-5-2-6-16-34)31-40(30-37)50-47-22-12-9-19-43(47)44-28-25-36(32-48(44)50)35-23-26-39(27-24-35)49-45-20-10-7-17-41(45)42-18-8-11-21-46(42)49/h1-32H. The summed E-state index contributed by atoms with van der Waals surface area (Å²) in [5.74, 6) is 0. The Balaban J connectivity index is 1.15. The van der Waals surface area contributed by atoms with E-state index in [0.717, 1.165) is 11.4 Å². The van der Waals surface area contributed by atoms with Crippen molar-refractivity contribution in [1.82, 2.24) is 9.13 Å². The lowest BCUT2D eigenvalue weighted by atomic mass is 9.98. The van der Waals surface area contributed by atoms with Crippen LogP contribution in [0.25, 0.3) is 88.4 Å². The highest BCUT2D eigenvalue weighted by Gasteiger charge is 2.16. The van der Waals surface area contributed by atoms with Crippen LogP contribution >= 0.6 is 0 Å². The smallest absolute Gasteiger partial charge is 0.0547 e. The molecule has 2 heterocycles. The Morgan fingerprint density at radius 3 is 1.14 bits per heavy atom. The third kappa shape index (κ3) is 4.57. The molecule has 0 aliphatic heterocycles. The van der Waals surface area contributed by atoms with Gasteiger partial charge in [0.25, 0.3) is 0 Å². The van der Waals surface area contributed by atoms with Gasteiger partial charge in [0, 0.05) is 32.9 Å². The molecule has 0 N–H and O–H groups in total. The quantitative estimate of drug-likeness (QED) is 0.178. The Hall–Kier alpha value is -6.64. The molecule has 0 saturated heterocycles. The molecule has 2 aromatic heterocycles. The van der Waals surface area contributed by atoms with Gasteiger partial charge in [-0.1, -0.05) is 140 Å². The topological polar surface area (TPSA) is 9.86 Å². The van der Waals surface area contributed by atoms with Gasteiger partial charge in [0.2, 0.25) is 0 Å². The Morgan fingerprint density at radius 1 is 0.220 bits per heavy atom. The third-order valence-electron chi connectivity index (χ3n) is 10.1. The number of aromatic nitrogens is 2. The molecule has 10 aromatic rings. The number of rotatable bonds is 5. The average Bonchev–Trinajstić information content (AvgIpc) is 3.71. The molecule has 50 heavy (non-hydrogen) atoms. The van der Waals surface area contributed by atoms with Gasteiger partial charge in [0.15, 0.2) is 0 Å². The highest BCUT2D eigenvalue weighted by atomic mass is 15.0. The van der Waals surface area contributed by atoms with Crippen LogP contribution in [-0.2, 0) is 0 Å². The van der Waals surface area contributed by atoms with E-state index in [1.807, 2.05) is 0 Å². The summed E-state index contributed by atoms with van der Waals surface area (Å²) in [4.78, 5) is 0. The summed E-state index contributed by atoms with van der Waals surface area (Å²) in [5.41, 5.74) is 14.3. The number of nitrogens with zero attached hydrogens (tertiary/aromatic N) is 2. The minimum Gasteiger partial charge on any atom is -0.309 e. The maximum atomic E-state index is 2.44. The van der Waals surface area contributed by atoms with Crippen LogP contribution in [0.3, 0.4) is 0 Å². The van der Waals surface area contributed by atoms with Gasteiger partial charge >= 0.3 is 0 Å². The van der Waals surface area contributed by atoms with Crippen molar-refractivity contribution in [1.29, 1.82) is 0 Å². The molecule has 0 aliphatic carbocycles. The fourth-order valence-corrected chi connectivity index (χ4v) is 7.77. The molecule has 234 valence electrons. The number of fused-ring (bicyclic) bond motifs is 6. The van der Waals surface area contributed by atoms with E-state index in [4.69, 9.17) is 0 Å². The first-order valence-electron chi connectivity index (χ1n) is 17.2. The highest BCUT2D eigenvalue weighted by Crippen LogP contribution is 2.38. The SMILES string of the molecule is c1ccc(-c2cc(-c3ccccc3)cc(-n3c4ccccc4c4ccc(-c5ccc(-n6c7ccccc7c7ccccc76)cc5)cc43)c2)cc1. The Bertz CT molecular complexity index is 2730. The van der Waals surface area contributed by atoms with Gasteiger partial charge in [-0.2, -0.15) is 0 Å². The summed E-state index contributed by atoms with van der Waals surface area (Å²) in [7, 11) is 0. The minimum absolute atomic E-state index is 1.15. The molecule has 8 aromatic carbocycles. The van der Waals surface area contributed by atoms with Crippen LogP contribution < -0.4 is 0 Å². The fraction of sp³-hybridized carbons (Fsp3) is 0. The van der Waals surface area contributed by atoms with E-state index in [1.165, 1.54) is 77.0 Å². The van der Waals surface area contributed by atoms with Crippen molar-refractivity contribution in [3.63, 3.8) is 0 Å². The first kappa shape index (κ1) is 28.4. The van der Waals surface area contributed by atoms with Crippen LogP contribution in [0.15, 0.2) is 194 Å². The lowest BCUT2D eigenvalue weighted by molar-refractivity contribution is 1.18. The number of hydrogen-bond donors (Lipinski definition) is 0. The maximum Gasteiger partial charge on any atom is 0.0547 e. The molecule has 0 aliphatic rings. The zero-order valence-electron chi connectivity index (χ0n) is 27.4. The minimum atomic E-state index is 1.15. The van der Waals surface area contributed by atoms with E-state index < -0.39 is 0 Å². The Kier molecular flexibility index (Phi) is 6.53. The van der Waals surface area contributed by atoms with Crippen molar-refractivity contribution in [2.45, 2.75) is 0 Å². The second-order valence-electron chi connectivity index (χ2n) is 13.0. The lowest BCUT2D eigenvalue weighted by Crippen LogP contribution is -1.96. The van der Waals surface area contributed by atoms with Crippen LogP contribution in [0.4, 0.5) is 0 Å². The first-order chi connectivity index (χ1) is 24.8. The average molecular weight is 637 g/mol. The molecule has 2 nitrogen and oxygen atoms in total. The third-order valence-corrected chi connectivity index (χ3v) is 10.1. The molecule has 0 unspecified atom stereocenters. The fourth-order valence-electron chi connectivity index (χ4n) is 7.77. The Morgan fingerprint density at radius 2 is 0.620 bits per heavy atom. The predicted octanol–water partition coefficient (Wildman–Crippen LogP) is 12.9. The van der Waals surface area contributed by atoms with E-state index in [2.05, 4.69) is 203 Å². The summed E-state index contributed by atoms with van der Waals surface area (Å²) in [5, 5.41) is 5.05. The summed E-state index contributed by atoms with van der Waals surface area (Å²) in [6, 6.07) is 70.5.